The first kappa shape index (κ1) is 29.1. The van der Waals surface area contributed by atoms with Crippen LogP contribution in [0.15, 0.2) is 54.9 Å². The quantitative estimate of drug-likeness (QED) is 0.217. The average Bonchev–Trinajstić information content (AvgIpc) is 3.22. The van der Waals surface area contributed by atoms with Crippen molar-refractivity contribution in [3.05, 3.63) is 82.5 Å². The fourth-order valence-corrected chi connectivity index (χ4v) is 4.57. The van der Waals surface area contributed by atoms with E-state index in [0.717, 1.165) is 24.4 Å². The molecule has 1 amide bonds. The SMILES string of the molecule is O=C(Nc1ccc(N2CC(OC(=O)C(F)(F)F)C2)nc1)c1cc2cc(F)cnc2n1Cc1cc(Cl)cc(C(F)(F)F)c1. The third kappa shape index (κ3) is 6.25. The van der Waals surface area contributed by atoms with Gasteiger partial charge in [0.25, 0.3) is 5.91 Å². The zero-order chi connectivity index (χ0) is 30.4. The van der Waals surface area contributed by atoms with Crippen LogP contribution in [0, 0.1) is 5.82 Å². The summed E-state index contributed by atoms with van der Waals surface area (Å²) in [5.74, 6) is -3.31. The lowest BCUT2D eigenvalue weighted by molar-refractivity contribution is -0.205. The van der Waals surface area contributed by atoms with Crippen LogP contribution >= 0.6 is 11.6 Å². The minimum absolute atomic E-state index is 0.0102. The molecule has 42 heavy (non-hydrogen) atoms. The van der Waals surface area contributed by atoms with E-state index in [1.165, 1.54) is 35.0 Å². The molecule has 1 saturated heterocycles. The lowest BCUT2D eigenvalue weighted by Crippen LogP contribution is -2.54. The summed E-state index contributed by atoms with van der Waals surface area (Å²) in [7, 11) is 0. The average molecular weight is 616 g/mol. The van der Waals surface area contributed by atoms with Gasteiger partial charge in [-0.2, -0.15) is 26.3 Å². The summed E-state index contributed by atoms with van der Waals surface area (Å²) in [6.07, 6.45) is -8.52. The van der Waals surface area contributed by atoms with Crippen molar-refractivity contribution in [2.45, 2.75) is 25.0 Å². The number of esters is 1. The van der Waals surface area contributed by atoms with Crippen molar-refractivity contribution in [2.24, 2.45) is 0 Å². The number of benzene rings is 1. The molecule has 1 aromatic carbocycles. The molecule has 3 aromatic heterocycles. The number of alkyl halides is 6. The zero-order valence-corrected chi connectivity index (χ0v) is 21.7. The number of nitrogens with zero attached hydrogens (tertiary/aromatic N) is 4. The highest BCUT2D eigenvalue weighted by Gasteiger charge is 2.44. The second-order valence-electron chi connectivity index (χ2n) is 9.32. The van der Waals surface area contributed by atoms with Crippen LogP contribution in [-0.2, 0) is 22.3 Å². The molecule has 16 heteroatoms. The molecule has 0 saturated carbocycles. The largest absolute Gasteiger partial charge is 0.490 e. The summed E-state index contributed by atoms with van der Waals surface area (Å²) in [6, 6.07) is 8.36. The second kappa shape index (κ2) is 10.8. The van der Waals surface area contributed by atoms with Gasteiger partial charge in [-0.1, -0.05) is 11.6 Å². The van der Waals surface area contributed by atoms with Crippen LogP contribution in [-0.4, -0.2) is 51.8 Å². The Hall–Kier alpha value is -4.40. The summed E-state index contributed by atoms with van der Waals surface area (Å²) >= 11 is 5.91. The fourth-order valence-electron chi connectivity index (χ4n) is 4.31. The van der Waals surface area contributed by atoms with Crippen LogP contribution in [0.25, 0.3) is 11.0 Å². The lowest BCUT2D eigenvalue weighted by atomic mass is 10.1. The Balaban J connectivity index is 1.33. The van der Waals surface area contributed by atoms with Gasteiger partial charge in [0, 0.05) is 17.0 Å². The topological polar surface area (TPSA) is 89.3 Å². The molecule has 5 rings (SSSR count). The molecule has 0 radical (unpaired) electrons. The van der Waals surface area contributed by atoms with Crippen LogP contribution in [0.3, 0.4) is 0 Å². The van der Waals surface area contributed by atoms with Crippen LogP contribution in [0.4, 0.5) is 42.2 Å². The number of carbonyl (C=O) groups excluding carboxylic acids is 2. The number of pyridine rings is 2. The van der Waals surface area contributed by atoms with Crippen LogP contribution in [0.2, 0.25) is 5.02 Å². The van der Waals surface area contributed by atoms with Gasteiger partial charge in [0.1, 0.15) is 29.1 Å². The van der Waals surface area contributed by atoms with E-state index in [4.69, 9.17) is 11.6 Å². The van der Waals surface area contributed by atoms with Gasteiger partial charge in [0.15, 0.2) is 0 Å². The number of hydrogen-bond donors (Lipinski definition) is 1. The Labute approximate surface area is 236 Å². The third-order valence-electron chi connectivity index (χ3n) is 6.24. The highest BCUT2D eigenvalue weighted by Crippen LogP contribution is 2.33. The molecule has 0 bridgehead atoms. The molecule has 0 atom stereocenters. The van der Waals surface area contributed by atoms with Crippen LogP contribution in [0.5, 0.6) is 0 Å². The van der Waals surface area contributed by atoms with Crippen molar-refractivity contribution in [1.82, 2.24) is 14.5 Å². The van der Waals surface area contributed by atoms with Crippen molar-refractivity contribution in [1.29, 1.82) is 0 Å². The highest BCUT2D eigenvalue weighted by molar-refractivity contribution is 6.30. The molecule has 4 heterocycles. The Morgan fingerprint density at radius 3 is 2.38 bits per heavy atom. The molecule has 8 nitrogen and oxygen atoms in total. The van der Waals surface area contributed by atoms with E-state index < -0.39 is 41.7 Å². The molecule has 0 aliphatic carbocycles. The van der Waals surface area contributed by atoms with Crippen molar-refractivity contribution in [3.63, 3.8) is 0 Å². The normalized spacial score (nSPS) is 14.1. The molecule has 220 valence electrons. The summed E-state index contributed by atoms with van der Waals surface area (Å²) in [5.41, 5.74) is -0.556. The minimum Gasteiger partial charge on any atom is -0.452 e. The molecular formula is C26H17ClF7N5O3. The number of aromatic nitrogens is 3. The molecule has 0 spiro atoms. The minimum atomic E-state index is -5.09. The first-order valence-electron chi connectivity index (χ1n) is 12.0. The number of carbonyl (C=O) groups is 2. The number of amides is 1. The molecule has 1 aliphatic heterocycles. The lowest BCUT2D eigenvalue weighted by Gasteiger charge is -2.39. The fraction of sp³-hybridized carbons (Fsp3) is 0.231. The number of nitrogens with one attached hydrogen (secondary N) is 1. The van der Waals surface area contributed by atoms with Gasteiger partial charge >= 0.3 is 18.3 Å². The molecule has 1 fully saturated rings. The van der Waals surface area contributed by atoms with E-state index in [-0.39, 0.29) is 52.6 Å². The summed E-state index contributed by atoms with van der Waals surface area (Å²) in [6.45, 7) is -0.270. The standard InChI is InChI=1S/C26H17ClF7N5O3/c27-16-4-13(3-15(7-16)25(29,30)31)10-39-20(6-14-5-17(28)8-36-22(14)39)23(40)37-18-1-2-21(35-9-18)38-11-19(12-38)42-24(41)26(32,33)34/h1-9,19H,10-12H2,(H,37,40). The van der Waals surface area contributed by atoms with Gasteiger partial charge in [-0.3, -0.25) is 4.79 Å². The van der Waals surface area contributed by atoms with Crippen molar-refractivity contribution in [3.8, 4) is 0 Å². The summed E-state index contributed by atoms with van der Waals surface area (Å²) in [4.78, 5) is 33.9. The Morgan fingerprint density at radius 1 is 1.00 bits per heavy atom. The molecule has 1 N–H and O–H groups in total. The predicted molar refractivity (Wildman–Crippen MR) is 136 cm³/mol. The first-order chi connectivity index (χ1) is 19.7. The van der Waals surface area contributed by atoms with E-state index in [9.17, 15) is 40.3 Å². The molecule has 0 unspecified atom stereocenters. The number of fused-ring (bicyclic) bond motifs is 1. The van der Waals surface area contributed by atoms with Crippen LogP contribution < -0.4 is 10.2 Å². The third-order valence-corrected chi connectivity index (χ3v) is 6.46. The van der Waals surface area contributed by atoms with Crippen molar-refractivity contribution in [2.75, 3.05) is 23.3 Å². The van der Waals surface area contributed by atoms with Gasteiger partial charge in [-0.15, -0.1) is 0 Å². The number of hydrogen-bond acceptors (Lipinski definition) is 6. The van der Waals surface area contributed by atoms with Gasteiger partial charge in [0.05, 0.1) is 36.7 Å². The molecule has 4 aromatic rings. The summed E-state index contributed by atoms with van der Waals surface area (Å²) in [5, 5.41) is 2.66. The monoisotopic (exact) mass is 615 g/mol. The number of rotatable bonds is 6. The Morgan fingerprint density at radius 2 is 1.74 bits per heavy atom. The van der Waals surface area contributed by atoms with E-state index >= 15 is 0 Å². The number of halogens is 8. The predicted octanol–water partition coefficient (Wildman–Crippen LogP) is 5.84. The van der Waals surface area contributed by atoms with E-state index in [0.29, 0.717) is 5.82 Å². The van der Waals surface area contributed by atoms with Gasteiger partial charge < -0.3 is 19.5 Å². The first-order valence-corrected chi connectivity index (χ1v) is 12.4. The van der Waals surface area contributed by atoms with Gasteiger partial charge in [-0.05, 0) is 48.0 Å². The van der Waals surface area contributed by atoms with E-state index in [1.807, 2.05) is 0 Å². The smallest absolute Gasteiger partial charge is 0.452 e. The number of anilines is 2. The second-order valence-corrected chi connectivity index (χ2v) is 9.75. The zero-order valence-electron chi connectivity index (χ0n) is 20.9. The number of ether oxygens (including phenoxy) is 1. The van der Waals surface area contributed by atoms with Crippen molar-refractivity contribution < 1.29 is 45.1 Å². The van der Waals surface area contributed by atoms with E-state index in [1.54, 1.807) is 4.90 Å². The maximum Gasteiger partial charge on any atom is 0.490 e. The Bertz CT molecular complexity index is 1670. The molecular weight excluding hydrogens is 599 g/mol. The molecule has 1 aliphatic rings. The maximum absolute atomic E-state index is 13.9. The summed E-state index contributed by atoms with van der Waals surface area (Å²) < 4.78 is 96.6. The van der Waals surface area contributed by atoms with Gasteiger partial charge in [-0.25, -0.2) is 19.2 Å². The van der Waals surface area contributed by atoms with Crippen molar-refractivity contribution >= 4 is 46.0 Å². The van der Waals surface area contributed by atoms with E-state index in [2.05, 4.69) is 20.0 Å². The maximum atomic E-state index is 13.9. The van der Waals surface area contributed by atoms with Gasteiger partial charge in [0.2, 0.25) is 0 Å². The highest BCUT2D eigenvalue weighted by atomic mass is 35.5. The van der Waals surface area contributed by atoms with Crippen LogP contribution in [0.1, 0.15) is 21.6 Å². The Kier molecular flexibility index (Phi) is 7.47.